The molecule has 1 atom stereocenters. The number of hydrogen-bond donors (Lipinski definition) is 0. The average Bonchev–Trinajstić information content (AvgIpc) is 2.25. The standard InChI is InChI=1S/C13H22Si/c1-3-4-5-9-12-14(2)13-10-7-6-8-11-13/h6-8,10-11,14H,3-5,9,12H2,1-2H3/t14-/m1/s1. The van der Waals surface area contributed by atoms with Gasteiger partial charge in [-0.15, -0.1) is 0 Å². The monoisotopic (exact) mass is 206 g/mol. The van der Waals surface area contributed by atoms with Crippen LogP contribution < -0.4 is 5.19 Å². The number of unbranched alkanes of at least 4 members (excludes halogenated alkanes) is 3. The second-order valence-electron chi connectivity index (χ2n) is 4.16. The maximum absolute atomic E-state index is 2.47. The molecule has 1 aromatic carbocycles. The van der Waals surface area contributed by atoms with Crippen LogP contribution in [0.15, 0.2) is 30.3 Å². The highest BCUT2D eigenvalue weighted by Gasteiger charge is 2.05. The molecule has 0 N–H and O–H groups in total. The first-order chi connectivity index (χ1) is 6.84. The van der Waals surface area contributed by atoms with Gasteiger partial charge in [-0.2, -0.15) is 0 Å². The lowest BCUT2D eigenvalue weighted by Crippen LogP contribution is -2.25. The van der Waals surface area contributed by atoms with Crippen molar-refractivity contribution in [1.29, 1.82) is 0 Å². The van der Waals surface area contributed by atoms with E-state index in [9.17, 15) is 0 Å². The summed E-state index contributed by atoms with van der Waals surface area (Å²) in [4.78, 5) is 0. The van der Waals surface area contributed by atoms with E-state index in [1.165, 1.54) is 31.7 Å². The molecule has 0 aliphatic carbocycles. The van der Waals surface area contributed by atoms with Gasteiger partial charge in [-0.05, 0) is 0 Å². The molecule has 0 nitrogen and oxygen atoms in total. The molecule has 78 valence electrons. The predicted molar refractivity (Wildman–Crippen MR) is 68.0 cm³/mol. The lowest BCUT2D eigenvalue weighted by molar-refractivity contribution is 0.699. The Labute approximate surface area is 90.0 Å². The van der Waals surface area contributed by atoms with Crippen molar-refractivity contribution >= 4 is 14.0 Å². The fourth-order valence-electron chi connectivity index (χ4n) is 1.83. The van der Waals surface area contributed by atoms with Crippen LogP contribution in [0.5, 0.6) is 0 Å². The Bertz CT molecular complexity index is 230. The molecular formula is C13H22Si. The molecule has 0 saturated heterocycles. The van der Waals surface area contributed by atoms with Crippen LogP contribution in [0, 0.1) is 0 Å². The van der Waals surface area contributed by atoms with Crippen molar-refractivity contribution in [3.05, 3.63) is 30.3 Å². The molecule has 0 aliphatic rings. The van der Waals surface area contributed by atoms with Crippen LogP contribution >= 0.6 is 0 Å². The van der Waals surface area contributed by atoms with E-state index in [0.29, 0.717) is 0 Å². The molecule has 0 bridgehead atoms. The third kappa shape index (κ3) is 4.10. The lowest BCUT2D eigenvalue weighted by atomic mass is 10.2. The van der Waals surface area contributed by atoms with Crippen molar-refractivity contribution < 1.29 is 0 Å². The molecule has 1 aromatic rings. The summed E-state index contributed by atoms with van der Waals surface area (Å²) in [5.41, 5.74) is 0. The highest BCUT2D eigenvalue weighted by Crippen LogP contribution is 2.06. The summed E-state index contributed by atoms with van der Waals surface area (Å²) in [7, 11) is -0.603. The molecular weight excluding hydrogens is 184 g/mol. The van der Waals surface area contributed by atoms with Gasteiger partial charge in [-0.1, -0.05) is 80.7 Å². The smallest absolute Gasteiger partial charge is 0.0677 e. The Morgan fingerprint density at radius 2 is 1.71 bits per heavy atom. The van der Waals surface area contributed by atoms with E-state index in [0.717, 1.165) is 0 Å². The Morgan fingerprint density at radius 3 is 2.36 bits per heavy atom. The van der Waals surface area contributed by atoms with Gasteiger partial charge in [0.2, 0.25) is 0 Å². The van der Waals surface area contributed by atoms with E-state index >= 15 is 0 Å². The molecule has 0 unspecified atom stereocenters. The summed E-state index contributed by atoms with van der Waals surface area (Å²) in [6, 6.07) is 12.5. The van der Waals surface area contributed by atoms with Crippen molar-refractivity contribution in [1.82, 2.24) is 0 Å². The third-order valence-electron chi connectivity index (χ3n) is 2.86. The molecule has 0 amide bonds. The minimum absolute atomic E-state index is 0.603. The molecule has 0 radical (unpaired) electrons. The fourth-order valence-corrected chi connectivity index (χ4v) is 3.94. The van der Waals surface area contributed by atoms with Crippen molar-refractivity contribution in [2.24, 2.45) is 0 Å². The van der Waals surface area contributed by atoms with Gasteiger partial charge in [0.1, 0.15) is 0 Å². The topological polar surface area (TPSA) is 0 Å². The quantitative estimate of drug-likeness (QED) is 0.495. The fraction of sp³-hybridized carbons (Fsp3) is 0.538. The summed E-state index contributed by atoms with van der Waals surface area (Å²) in [6.07, 6.45) is 5.63. The van der Waals surface area contributed by atoms with Gasteiger partial charge in [-0.3, -0.25) is 0 Å². The van der Waals surface area contributed by atoms with Crippen molar-refractivity contribution in [3.63, 3.8) is 0 Å². The predicted octanol–water partition coefficient (Wildman–Crippen LogP) is 3.33. The first-order valence-corrected chi connectivity index (χ1v) is 8.44. The maximum Gasteiger partial charge on any atom is 0.0677 e. The lowest BCUT2D eigenvalue weighted by Gasteiger charge is -2.09. The van der Waals surface area contributed by atoms with Gasteiger partial charge in [-0.25, -0.2) is 0 Å². The van der Waals surface area contributed by atoms with Crippen LogP contribution in [0.25, 0.3) is 0 Å². The number of benzene rings is 1. The molecule has 1 heteroatoms. The van der Waals surface area contributed by atoms with Gasteiger partial charge in [0.05, 0.1) is 8.80 Å². The van der Waals surface area contributed by atoms with Crippen LogP contribution in [0.1, 0.15) is 32.6 Å². The van der Waals surface area contributed by atoms with Crippen LogP contribution in [0.4, 0.5) is 0 Å². The highest BCUT2D eigenvalue weighted by molar-refractivity contribution is 6.71. The second kappa shape index (κ2) is 6.83. The first-order valence-electron chi connectivity index (χ1n) is 5.89. The summed E-state index contributed by atoms with van der Waals surface area (Å²) < 4.78 is 0. The van der Waals surface area contributed by atoms with E-state index in [2.05, 4.69) is 43.8 Å². The molecule has 1 rings (SSSR count). The van der Waals surface area contributed by atoms with E-state index in [4.69, 9.17) is 0 Å². The highest BCUT2D eigenvalue weighted by atomic mass is 28.3. The van der Waals surface area contributed by atoms with E-state index < -0.39 is 8.80 Å². The zero-order chi connectivity index (χ0) is 10.2. The van der Waals surface area contributed by atoms with Crippen LogP contribution in [-0.2, 0) is 0 Å². The van der Waals surface area contributed by atoms with Crippen LogP contribution in [0.3, 0.4) is 0 Å². The largest absolute Gasteiger partial charge is 0.0680 e. The molecule has 0 fully saturated rings. The minimum atomic E-state index is -0.603. The summed E-state index contributed by atoms with van der Waals surface area (Å²) >= 11 is 0. The summed E-state index contributed by atoms with van der Waals surface area (Å²) in [5, 5.41) is 1.63. The molecule has 0 saturated carbocycles. The van der Waals surface area contributed by atoms with Gasteiger partial charge >= 0.3 is 0 Å². The Hall–Kier alpha value is -0.563. The maximum atomic E-state index is 2.47. The number of rotatable bonds is 6. The first kappa shape index (κ1) is 11.5. The Kier molecular flexibility index (Phi) is 5.61. The molecule has 14 heavy (non-hydrogen) atoms. The molecule has 0 aliphatic heterocycles. The number of hydrogen-bond acceptors (Lipinski definition) is 0. The van der Waals surface area contributed by atoms with E-state index in [-0.39, 0.29) is 0 Å². The normalized spacial score (nSPS) is 12.7. The third-order valence-corrected chi connectivity index (χ3v) is 5.66. The van der Waals surface area contributed by atoms with E-state index in [1.54, 1.807) is 5.19 Å². The molecule has 0 spiro atoms. The van der Waals surface area contributed by atoms with Crippen LogP contribution in [-0.4, -0.2) is 8.80 Å². The van der Waals surface area contributed by atoms with Crippen molar-refractivity contribution in [2.45, 2.75) is 45.2 Å². The zero-order valence-electron chi connectivity index (χ0n) is 9.50. The second-order valence-corrected chi connectivity index (χ2v) is 7.21. The van der Waals surface area contributed by atoms with E-state index in [1.807, 2.05) is 0 Å². The van der Waals surface area contributed by atoms with Crippen molar-refractivity contribution in [3.8, 4) is 0 Å². The summed E-state index contributed by atoms with van der Waals surface area (Å²) in [5.74, 6) is 0. The van der Waals surface area contributed by atoms with Gasteiger partial charge in [0, 0.05) is 0 Å². The Balaban J connectivity index is 2.25. The SMILES string of the molecule is CCCCCC[Si@@H](C)c1ccccc1. The zero-order valence-corrected chi connectivity index (χ0v) is 10.7. The van der Waals surface area contributed by atoms with Gasteiger partial charge < -0.3 is 0 Å². The van der Waals surface area contributed by atoms with Crippen molar-refractivity contribution in [2.75, 3.05) is 0 Å². The average molecular weight is 206 g/mol. The van der Waals surface area contributed by atoms with Crippen LogP contribution in [0.2, 0.25) is 12.6 Å². The minimum Gasteiger partial charge on any atom is -0.0680 e. The molecule has 0 heterocycles. The van der Waals surface area contributed by atoms with Gasteiger partial charge in [0.15, 0.2) is 0 Å². The Morgan fingerprint density at radius 1 is 1.00 bits per heavy atom. The molecule has 0 aromatic heterocycles. The summed E-state index contributed by atoms with van der Waals surface area (Å²) in [6.45, 7) is 4.75. The van der Waals surface area contributed by atoms with Gasteiger partial charge in [0.25, 0.3) is 0 Å².